The van der Waals surface area contributed by atoms with Crippen LogP contribution in [0.4, 0.5) is 4.39 Å². The zero-order chi connectivity index (χ0) is 13.3. The van der Waals surface area contributed by atoms with Gasteiger partial charge in [0.1, 0.15) is 0 Å². The van der Waals surface area contributed by atoms with Gasteiger partial charge < -0.3 is 9.67 Å². The van der Waals surface area contributed by atoms with Gasteiger partial charge in [0, 0.05) is 18.9 Å². The first kappa shape index (κ1) is 12.1. The van der Waals surface area contributed by atoms with Gasteiger partial charge in [-0.05, 0) is 6.92 Å². The lowest BCUT2D eigenvalue weighted by molar-refractivity contribution is 0.323. The third kappa shape index (κ3) is 2.04. The Balaban J connectivity index is 2.42. The van der Waals surface area contributed by atoms with Gasteiger partial charge in [0.2, 0.25) is 11.7 Å². The van der Waals surface area contributed by atoms with Gasteiger partial charge in [-0.15, -0.1) is 0 Å². The van der Waals surface area contributed by atoms with E-state index in [0.29, 0.717) is 6.54 Å². The molecule has 18 heavy (non-hydrogen) atoms. The molecule has 2 rings (SSSR count). The topological polar surface area (TPSA) is 92.9 Å². The van der Waals surface area contributed by atoms with E-state index in [4.69, 9.17) is 0 Å². The van der Waals surface area contributed by atoms with Crippen molar-refractivity contribution in [3.05, 3.63) is 45.4 Å². The van der Waals surface area contributed by atoms with Gasteiger partial charge in [-0.25, -0.2) is 9.78 Å². The zero-order valence-electron chi connectivity index (χ0n) is 9.50. The molecule has 2 aromatic rings. The second-order valence-electron chi connectivity index (χ2n) is 3.88. The highest BCUT2D eigenvalue weighted by Gasteiger charge is 2.18. The summed E-state index contributed by atoms with van der Waals surface area (Å²) < 4.78 is 15.7. The number of rotatable bonds is 3. The van der Waals surface area contributed by atoms with Crippen LogP contribution in [0, 0.1) is 5.82 Å². The van der Waals surface area contributed by atoms with Gasteiger partial charge in [-0.3, -0.25) is 14.3 Å². The standard InChI is InChI=1S/C10H11FN4O3/c1-6(4-14-3-2-12-5-14)15-9(17)7(11)8(16)13-10(15)18/h2-3,5-6,17H,4H2,1H3,(H,13,16,18). The van der Waals surface area contributed by atoms with Gasteiger partial charge in [0.15, 0.2) is 0 Å². The number of halogens is 1. The third-order valence-corrected chi connectivity index (χ3v) is 2.54. The summed E-state index contributed by atoms with van der Waals surface area (Å²) in [6.45, 7) is 1.91. The SMILES string of the molecule is CC(Cn1ccnc1)n1c(O)c(F)c(=O)[nH]c1=O. The van der Waals surface area contributed by atoms with Crippen molar-refractivity contribution in [2.75, 3.05) is 0 Å². The number of nitrogens with zero attached hydrogens (tertiary/aromatic N) is 3. The van der Waals surface area contributed by atoms with Crippen molar-refractivity contribution >= 4 is 0 Å². The molecular weight excluding hydrogens is 243 g/mol. The van der Waals surface area contributed by atoms with Crippen LogP contribution >= 0.6 is 0 Å². The molecule has 0 aliphatic carbocycles. The monoisotopic (exact) mass is 254 g/mol. The molecule has 0 radical (unpaired) electrons. The lowest BCUT2D eigenvalue weighted by Crippen LogP contribution is -2.34. The smallest absolute Gasteiger partial charge is 0.331 e. The molecule has 0 aliphatic heterocycles. The fourth-order valence-corrected chi connectivity index (χ4v) is 1.71. The first-order valence-electron chi connectivity index (χ1n) is 5.19. The molecule has 96 valence electrons. The molecule has 7 nitrogen and oxygen atoms in total. The molecule has 1 unspecified atom stereocenters. The van der Waals surface area contributed by atoms with Crippen molar-refractivity contribution < 1.29 is 9.50 Å². The number of nitrogens with one attached hydrogen (secondary N) is 1. The number of H-pyrrole nitrogens is 1. The second kappa shape index (κ2) is 4.47. The maximum atomic E-state index is 13.2. The molecule has 0 amide bonds. The molecule has 2 heterocycles. The number of imidazole rings is 1. The van der Waals surface area contributed by atoms with Crippen molar-refractivity contribution in [1.29, 1.82) is 0 Å². The van der Waals surface area contributed by atoms with Crippen LogP contribution in [0.1, 0.15) is 13.0 Å². The fourth-order valence-electron chi connectivity index (χ4n) is 1.71. The second-order valence-corrected chi connectivity index (χ2v) is 3.88. The van der Waals surface area contributed by atoms with Crippen LogP contribution < -0.4 is 11.2 Å². The van der Waals surface area contributed by atoms with E-state index >= 15 is 0 Å². The Morgan fingerprint density at radius 2 is 2.28 bits per heavy atom. The highest BCUT2D eigenvalue weighted by molar-refractivity contribution is 5.10. The number of aromatic amines is 1. The van der Waals surface area contributed by atoms with Crippen molar-refractivity contribution in [2.45, 2.75) is 19.5 Å². The minimum Gasteiger partial charge on any atom is -0.492 e. The molecule has 0 bridgehead atoms. The van der Waals surface area contributed by atoms with E-state index in [1.165, 1.54) is 6.33 Å². The third-order valence-electron chi connectivity index (χ3n) is 2.54. The van der Waals surface area contributed by atoms with E-state index in [1.54, 1.807) is 28.9 Å². The molecular formula is C10H11FN4O3. The molecule has 8 heteroatoms. The van der Waals surface area contributed by atoms with Crippen LogP contribution in [-0.4, -0.2) is 24.2 Å². The summed E-state index contributed by atoms with van der Waals surface area (Å²) in [4.78, 5) is 28.1. The summed E-state index contributed by atoms with van der Waals surface area (Å²) in [6, 6.07) is -0.543. The molecule has 0 fully saturated rings. The first-order valence-corrected chi connectivity index (χ1v) is 5.19. The van der Waals surface area contributed by atoms with Gasteiger partial charge in [-0.2, -0.15) is 4.39 Å². The summed E-state index contributed by atoms with van der Waals surface area (Å²) in [5.41, 5.74) is -2.09. The van der Waals surface area contributed by atoms with Crippen LogP contribution in [0.15, 0.2) is 28.3 Å². The Hall–Kier alpha value is -2.38. The summed E-state index contributed by atoms with van der Waals surface area (Å²) in [5, 5.41) is 9.50. The summed E-state index contributed by atoms with van der Waals surface area (Å²) in [6.07, 6.45) is 4.75. The van der Waals surface area contributed by atoms with Crippen molar-refractivity contribution in [3.63, 3.8) is 0 Å². The highest BCUT2D eigenvalue weighted by Crippen LogP contribution is 2.15. The number of aromatic nitrogens is 4. The molecule has 0 saturated heterocycles. The number of aromatic hydroxyl groups is 1. The van der Waals surface area contributed by atoms with Crippen LogP contribution in [0.25, 0.3) is 0 Å². The molecule has 0 aromatic carbocycles. The predicted octanol–water partition coefficient (Wildman–Crippen LogP) is -0.161. The largest absolute Gasteiger partial charge is 0.492 e. The van der Waals surface area contributed by atoms with Crippen molar-refractivity contribution in [2.24, 2.45) is 0 Å². The fraction of sp³-hybridized carbons (Fsp3) is 0.300. The van der Waals surface area contributed by atoms with Crippen LogP contribution in [0.5, 0.6) is 5.88 Å². The zero-order valence-corrected chi connectivity index (χ0v) is 9.50. The number of hydrogen-bond donors (Lipinski definition) is 2. The van der Waals surface area contributed by atoms with E-state index in [-0.39, 0.29) is 0 Å². The quantitative estimate of drug-likeness (QED) is 0.795. The Morgan fingerprint density at radius 1 is 1.56 bits per heavy atom. The van der Waals surface area contributed by atoms with Gasteiger partial charge in [0.25, 0.3) is 5.56 Å². The van der Waals surface area contributed by atoms with Crippen molar-refractivity contribution in [3.8, 4) is 5.88 Å². The highest BCUT2D eigenvalue weighted by atomic mass is 19.1. The Kier molecular flexibility index (Phi) is 3.00. The maximum Gasteiger partial charge on any atom is 0.331 e. The van der Waals surface area contributed by atoms with Crippen LogP contribution in [0.2, 0.25) is 0 Å². The molecule has 2 aromatic heterocycles. The molecule has 0 aliphatic rings. The summed E-state index contributed by atoms with van der Waals surface area (Å²) in [5.74, 6) is -2.33. The maximum absolute atomic E-state index is 13.2. The molecule has 0 spiro atoms. The van der Waals surface area contributed by atoms with Gasteiger partial charge in [-0.1, -0.05) is 0 Å². The first-order chi connectivity index (χ1) is 8.50. The predicted molar refractivity (Wildman–Crippen MR) is 59.9 cm³/mol. The van der Waals surface area contributed by atoms with Crippen LogP contribution in [0.3, 0.4) is 0 Å². The summed E-state index contributed by atoms with van der Waals surface area (Å²) >= 11 is 0. The average Bonchev–Trinajstić information content (AvgIpc) is 2.78. The molecule has 2 N–H and O–H groups in total. The minimum absolute atomic E-state index is 0.305. The van der Waals surface area contributed by atoms with E-state index in [9.17, 15) is 19.1 Å². The number of hydrogen-bond acceptors (Lipinski definition) is 4. The molecule has 1 atom stereocenters. The van der Waals surface area contributed by atoms with E-state index in [1.807, 2.05) is 0 Å². The van der Waals surface area contributed by atoms with Gasteiger partial charge >= 0.3 is 5.69 Å². The lowest BCUT2D eigenvalue weighted by Gasteiger charge is -2.16. The average molecular weight is 254 g/mol. The van der Waals surface area contributed by atoms with Gasteiger partial charge in [0.05, 0.1) is 12.4 Å². The van der Waals surface area contributed by atoms with E-state index in [2.05, 4.69) is 4.98 Å². The summed E-state index contributed by atoms with van der Waals surface area (Å²) in [7, 11) is 0. The Labute approximate surface area is 100 Å². The van der Waals surface area contributed by atoms with Crippen LogP contribution in [-0.2, 0) is 6.54 Å². The lowest BCUT2D eigenvalue weighted by atomic mass is 10.3. The van der Waals surface area contributed by atoms with Crippen molar-refractivity contribution in [1.82, 2.24) is 19.1 Å². The Bertz CT molecular complexity index is 659. The minimum atomic E-state index is -1.37. The molecule has 0 saturated carbocycles. The Morgan fingerprint density at radius 3 is 2.89 bits per heavy atom. The normalized spacial score (nSPS) is 12.6. The van der Waals surface area contributed by atoms with E-state index in [0.717, 1.165) is 4.57 Å². The van der Waals surface area contributed by atoms with E-state index < -0.39 is 29.0 Å².